The highest BCUT2D eigenvalue weighted by Crippen LogP contribution is 2.25. The summed E-state index contributed by atoms with van der Waals surface area (Å²) in [6, 6.07) is 3.85. The number of nitrogens with two attached hydrogens (primary N) is 1. The third-order valence-corrected chi connectivity index (χ3v) is 5.65. The number of nitrogens with one attached hydrogen (secondary N) is 3. The quantitative estimate of drug-likeness (QED) is 0.224. The van der Waals surface area contributed by atoms with Crippen LogP contribution in [0, 0.1) is 0 Å². The van der Waals surface area contributed by atoms with Gasteiger partial charge in [0.05, 0.1) is 6.04 Å². The third kappa shape index (κ3) is 6.55. The maximum absolute atomic E-state index is 13.5. The average Bonchev–Trinajstić information content (AvgIpc) is 2.96. The zero-order valence-electron chi connectivity index (χ0n) is 19.2. The van der Waals surface area contributed by atoms with E-state index in [-0.39, 0.29) is 31.7 Å². The number of hydrazine groups is 1. The molecule has 0 radical (unpaired) electrons. The molecular weight excluding hydrogens is 474 g/mol. The fourth-order valence-electron chi connectivity index (χ4n) is 4.03. The van der Waals surface area contributed by atoms with Crippen molar-refractivity contribution in [3.63, 3.8) is 0 Å². The highest BCUT2D eigenvalue weighted by molar-refractivity contribution is 6.00. The van der Waals surface area contributed by atoms with Crippen LogP contribution in [0.25, 0.3) is 0 Å². The van der Waals surface area contributed by atoms with Gasteiger partial charge in [0, 0.05) is 37.1 Å². The van der Waals surface area contributed by atoms with E-state index in [9.17, 15) is 33.9 Å². The SMILES string of the molecule is NC(=O)N/N=C/[C@H](CC(=O)[O-])NC(=O)[C@@H]1CCCN2C(=O)CC[C@H](NC(=O)c3ccccc3)C(=O)N12. The van der Waals surface area contributed by atoms with Gasteiger partial charge in [-0.05, 0) is 31.4 Å². The van der Waals surface area contributed by atoms with Crippen LogP contribution in [0.4, 0.5) is 4.79 Å². The Kier molecular flexibility index (Phi) is 8.54. The number of benzene rings is 1. The van der Waals surface area contributed by atoms with Crippen molar-refractivity contribution in [2.45, 2.75) is 50.2 Å². The standard InChI is InChI=1S/C22H27N7O7/c23-22(36)27-24-12-14(11-18(31)32)25-20(34)16-7-4-10-28-17(30)9-8-15(21(35)29(16)28)26-19(33)13-5-2-1-3-6-13/h1-3,5-6,12,14-16H,4,7-11H2,(H,25,34)(H,26,33)(H,31,32)(H3,23,27,36)/p-1/b24-12+/t14-,15-,16-/m0/s1. The molecule has 0 bridgehead atoms. The van der Waals surface area contributed by atoms with Crippen molar-refractivity contribution < 1.29 is 33.9 Å². The summed E-state index contributed by atoms with van der Waals surface area (Å²) in [5, 5.41) is 21.9. The zero-order valence-corrected chi connectivity index (χ0v) is 19.2. The van der Waals surface area contributed by atoms with Crippen molar-refractivity contribution in [2.75, 3.05) is 6.54 Å². The molecule has 3 atom stereocenters. The molecule has 2 saturated heterocycles. The summed E-state index contributed by atoms with van der Waals surface area (Å²) in [5.41, 5.74) is 7.13. The Balaban J connectivity index is 1.80. The molecule has 5 N–H and O–H groups in total. The Morgan fingerprint density at radius 1 is 1.17 bits per heavy atom. The smallest absolute Gasteiger partial charge is 0.332 e. The number of carboxylic acids is 1. The lowest BCUT2D eigenvalue weighted by atomic mass is 10.0. The highest BCUT2D eigenvalue weighted by atomic mass is 16.4. The monoisotopic (exact) mass is 500 g/mol. The fourth-order valence-corrected chi connectivity index (χ4v) is 4.03. The van der Waals surface area contributed by atoms with Crippen molar-refractivity contribution in [3.05, 3.63) is 35.9 Å². The van der Waals surface area contributed by atoms with E-state index in [2.05, 4.69) is 15.7 Å². The van der Waals surface area contributed by atoms with E-state index >= 15 is 0 Å². The molecule has 2 aliphatic rings. The number of carbonyl (C=O) groups excluding carboxylic acids is 6. The van der Waals surface area contributed by atoms with Crippen LogP contribution in [-0.4, -0.2) is 76.5 Å². The summed E-state index contributed by atoms with van der Waals surface area (Å²) in [4.78, 5) is 73.9. The summed E-state index contributed by atoms with van der Waals surface area (Å²) < 4.78 is 0. The number of rotatable bonds is 8. The van der Waals surface area contributed by atoms with E-state index in [1.54, 1.807) is 30.3 Å². The molecule has 2 aliphatic heterocycles. The van der Waals surface area contributed by atoms with Crippen LogP contribution in [-0.2, 0) is 19.2 Å². The van der Waals surface area contributed by atoms with E-state index in [1.165, 1.54) is 5.01 Å². The molecule has 0 unspecified atom stereocenters. The minimum Gasteiger partial charge on any atom is -0.550 e. The number of hydrazone groups is 1. The first-order valence-corrected chi connectivity index (χ1v) is 11.3. The van der Waals surface area contributed by atoms with Gasteiger partial charge in [-0.15, -0.1) is 0 Å². The Labute approximate surface area is 205 Å². The maximum Gasteiger partial charge on any atom is 0.332 e. The Hall–Kier alpha value is -4.49. The number of primary amides is 1. The molecule has 2 fully saturated rings. The first-order valence-electron chi connectivity index (χ1n) is 11.3. The summed E-state index contributed by atoms with van der Waals surface area (Å²) in [6.07, 6.45) is 0.921. The molecule has 3 rings (SSSR count). The van der Waals surface area contributed by atoms with Crippen LogP contribution in [0.2, 0.25) is 0 Å². The van der Waals surface area contributed by atoms with Gasteiger partial charge in [-0.25, -0.2) is 15.2 Å². The second kappa shape index (κ2) is 11.8. The molecule has 14 nitrogen and oxygen atoms in total. The third-order valence-electron chi connectivity index (χ3n) is 5.65. The Bertz CT molecular complexity index is 1060. The van der Waals surface area contributed by atoms with Gasteiger partial charge in [-0.3, -0.25) is 24.2 Å². The number of hydrogen-bond donors (Lipinski definition) is 4. The molecule has 0 spiro atoms. The van der Waals surface area contributed by atoms with Gasteiger partial charge in [0.25, 0.3) is 11.8 Å². The van der Waals surface area contributed by atoms with Crippen molar-refractivity contribution in [1.29, 1.82) is 0 Å². The van der Waals surface area contributed by atoms with E-state index in [4.69, 9.17) is 5.73 Å². The molecule has 2 heterocycles. The van der Waals surface area contributed by atoms with Crippen LogP contribution in [0.3, 0.4) is 0 Å². The van der Waals surface area contributed by atoms with Crippen LogP contribution >= 0.6 is 0 Å². The minimum absolute atomic E-state index is 0.0188. The molecule has 0 aromatic heterocycles. The minimum atomic E-state index is -1.50. The summed E-state index contributed by atoms with van der Waals surface area (Å²) in [7, 11) is 0. The molecule has 6 amide bonds. The van der Waals surface area contributed by atoms with Crippen LogP contribution in [0.15, 0.2) is 35.4 Å². The number of amides is 6. The van der Waals surface area contributed by atoms with Crippen molar-refractivity contribution in [1.82, 2.24) is 26.1 Å². The molecule has 1 aromatic rings. The lowest BCUT2D eigenvalue weighted by Gasteiger charge is -2.43. The first kappa shape index (κ1) is 26.1. The number of aliphatic carboxylic acids is 1. The summed E-state index contributed by atoms with van der Waals surface area (Å²) in [5.74, 6) is -3.75. The largest absolute Gasteiger partial charge is 0.550 e. The van der Waals surface area contributed by atoms with Crippen molar-refractivity contribution in [2.24, 2.45) is 10.8 Å². The van der Waals surface area contributed by atoms with E-state index in [0.717, 1.165) is 11.2 Å². The normalized spacial score (nSPS) is 20.8. The van der Waals surface area contributed by atoms with E-state index in [1.807, 2.05) is 5.43 Å². The number of carbonyl (C=O) groups is 6. The maximum atomic E-state index is 13.5. The molecule has 192 valence electrons. The fraction of sp³-hybridized carbons (Fsp3) is 0.409. The number of carboxylic acid groups (broad SMARTS) is 1. The Morgan fingerprint density at radius 3 is 2.56 bits per heavy atom. The number of hydrogen-bond acceptors (Lipinski definition) is 8. The van der Waals surface area contributed by atoms with Crippen molar-refractivity contribution >= 4 is 41.8 Å². The van der Waals surface area contributed by atoms with E-state index in [0.29, 0.717) is 12.0 Å². The molecular formula is C22H26N7O7-. The number of fused-ring (bicyclic) bond motifs is 1. The lowest BCUT2D eigenvalue weighted by Crippen LogP contribution is -2.64. The summed E-state index contributed by atoms with van der Waals surface area (Å²) in [6.45, 7) is 0.209. The van der Waals surface area contributed by atoms with Gasteiger partial charge < -0.3 is 26.3 Å². The molecule has 0 saturated carbocycles. The number of urea groups is 1. The molecule has 1 aromatic carbocycles. The van der Waals surface area contributed by atoms with Crippen LogP contribution in [0.5, 0.6) is 0 Å². The second-order valence-electron chi connectivity index (χ2n) is 8.23. The van der Waals surface area contributed by atoms with Gasteiger partial charge in [0.15, 0.2) is 0 Å². The molecule has 36 heavy (non-hydrogen) atoms. The zero-order chi connectivity index (χ0) is 26.2. The van der Waals surface area contributed by atoms with E-state index < -0.39 is 54.3 Å². The average molecular weight is 500 g/mol. The molecule has 14 heteroatoms. The second-order valence-corrected chi connectivity index (χ2v) is 8.23. The molecule has 0 aliphatic carbocycles. The predicted octanol–water partition coefficient (Wildman–Crippen LogP) is -2.41. The topological polar surface area (TPSA) is 206 Å². The predicted molar refractivity (Wildman–Crippen MR) is 121 cm³/mol. The van der Waals surface area contributed by atoms with Gasteiger partial charge in [-0.1, -0.05) is 18.2 Å². The first-order chi connectivity index (χ1) is 17.2. The van der Waals surface area contributed by atoms with Gasteiger partial charge in [-0.2, -0.15) is 5.10 Å². The van der Waals surface area contributed by atoms with Gasteiger partial charge >= 0.3 is 6.03 Å². The lowest BCUT2D eigenvalue weighted by molar-refractivity contribution is -0.305. The van der Waals surface area contributed by atoms with Crippen LogP contribution in [0.1, 0.15) is 42.5 Å². The highest BCUT2D eigenvalue weighted by Gasteiger charge is 2.44. The van der Waals surface area contributed by atoms with Gasteiger partial charge in [0.1, 0.15) is 12.1 Å². The van der Waals surface area contributed by atoms with Gasteiger partial charge in [0.2, 0.25) is 11.8 Å². The Morgan fingerprint density at radius 2 is 1.89 bits per heavy atom. The number of nitrogens with zero attached hydrogens (tertiary/aromatic N) is 3. The van der Waals surface area contributed by atoms with Crippen molar-refractivity contribution in [3.8, 4) is 0 Å². The van der Waals surface area contributed by atoms with Crippen LogP contribution < -0.4 is 26.9 Å². The summed E-state index contributed by atoms with van der Waals surface area (Å²) >= 11 is 0.